The van der Waals surface area contributed by atoms with Crippen molar-refractivity contribution in [3.63, 3.8) is 0 Å². The van der Waals surface area contributed by atoms with Gasteiger partial charge in [0.05, 0.1) is 23.8 Å². The monoisotopic (exact) mass is 370 g/mol. The summed E-state index contributed by atoms with van der Waals surface area (Å²) in [5.41, 5.74) is 0.375. The number of carbonyl (C=O) groups excluding carboxylic acids is 1. The van der Waals surface area contributed by atoms with Crippen LogP contribution in [0.1, 0.15) is 43.0 Å². The third-order valence-electron chi connectivity index (χ3n) is 4.52. The number of morpholine rings is 1. The predicted molar refractivity (Wildman–Crippen MR) is 98.7 cm³/mol. The Morgan fingerprint density at radius 3 is 2.68 bits per heavy atom. The molecule has 1 aromatic rings. The van der Waals surface area contributed by atoms with Gasteiger partial charge in [-0.25, -0.2) is 4.39 Å². The molecule has 0 saturated carbocycles. The molecule has 0 aromatic heterocycles. The van der Waals surface area contributed by atoms with E-state index < -0.39 is 5.82 Å². The average Bonchev–Trinajstić information content (AvgIpc) is 2.61. The van der Waals surface area contributed by atoms with Crippen molar-refractivity contribution in [2.45, 2.75) is 32.6 Å². The zero-order chi connectivity index (χ0) is 18.1. The average molecular weight is 371 g/mol. The molecule has 0 spiro atoms. The molecule has 1 saturated heterocycles. The Balaban J connectivity index is 1.99. The Kier molecular flexibility index (Phi) is 8.65. The van der Waals surface area contributed by atoms with Crippen LogP contribution >= 0.6 is 11.6 Å². The number of halogens is 2. The van der Waals surface area contributed by atoms with E-state index in [0.717, 1.165) is 52.1 Å². The summed E-state index contributed by atoms with van der Waals surface area (Å²) in [5, 5.41) is 0.176. The standard InChI is InChI=1S/C19H28ClFN2O2/c1-2-3-4-5-8-23(10-9-22-11-13-25-14-12-22)19(24)17-7-6-16(21)15-18(17)20/h6-7,15H,2-5,8-14H2,1H3. The summed E-state index contributed by atoms with van der Waals surface area (Å²) in [7, 11) is 0. The number of hydrogen-bond acceptors (Lipinski definition) is 3. The quantitative estimate of drug-likeness (QED) is 0.619. The summed E-state index contributed by atoms with van der Waals surface area (Å²) in [5.74, 6) is -0.542. The summed E-state index contributed by atoms with van der Waals surface area (Å²) in [6, 6.07) is 3.97. The van der Waals surface area contributed by atoms with Crippen molar-refractivity contribution in [2.24, 2.45) is 0 Å². The van der Waals surface area contributed by atoms with E-state index in [-0.39, 0.29) is 10.9 Å². The molecule has 1 aliphatic rings. The van der Waals surface area contributed by atoms with Gasteiger partial charge in [0.25, 0.3) is 5.91 Å². The fourth-order valence-electron chi connectivity index (χ4n) is 2.96. The normalized spacial score (nSPS) is 15.3. The first-order chi connectivity index (χ1) is 12.1. The number of carbonyl (C=O) groups is 1. The Morgan fingerprint density at radius 2 is 2.00 bits per heavy atom. The van der Waals surface area contributed by atoms with Gasteiger partial charge in [-0.3, -0.25) is 9.69 Å². The molecule has 0 atom stereocenters. The molecule has 1 heterocycles. The van der Waals surface area contributed by atoms with Crippen molar-refractivity contribution in [3.05, 3.63) is 34.6 Å². The lowest BCUT2D eigenvalue weighted by Gasteiger charge is -2.30. The smallest absolute Gasteiger partial charge is 0.255 e. The molecular weight excluding hydrogens is 343 g/mol. The highest BCUT2D eigenvalue weighted by atomic mass is 35.5. The highest BCUT2D eigenvalue weighted by Crippen LogP contribution is 2.19. The van der Waals surface area contributed by atoms with Gasteiger partial charge in [-0.05, 0) is 24.6 Å². The minimum absolute atomic E-state index is 0.116. The molecule has 2 rings (SSSR count). The minimum atomic E-state index is -0.427. The van der Waals surface area contributed by atoms with E-state index >= 15 is 0 Å². The number of benzene rings is 1. The van der Waals surface area contributed by atoms with E-state index in [1.807, 2.05) is 4.90 Å². The molecule has 0 unspecified atom stereocenters. The molecular formula is C19H28ClFN2O2. The second-order valence-corrected chi connectivity index (χ2v) is 6.84. The highest BCUT2D eigenvalue weighted by Gasteiger charge is 2.20. The second-order valence-electron chi connectivity index (χ2n) is 6.43. The van der Waals surface area contributed by atoms with Crippen LogP contribution in [0.25, 0.3) is 0 Å². The number of nitrogens with zero attached hydrogens (tertiary/aromatic N) is 2. The molecule has 0 aliphatic carbocycles. The lowest BCUT2D eigenvalue weighted by Crippen LogP contribution is -2.43. The van der Waals surface area contributed by atoms with Gasteiger partial charge in [-0.1, -0.05) is 37.8 Å². The van der Waals surface area contributed by atoms with Crippen LogP contribution in [0.5, 0.6) is 0 Å². The third kappa shape index (κ3) is 6.57. The fraction of sp³-hybridized carbons (Fsp3) is 0.632. The second kappa shape index (κ2) is 10.7. The Hall–Kier alpha value is -1.17. The van der Waals surface area contributed by atoms with Crippen molar-refractivity contribution in [1.29, 1.82) is 0 Å². The van der Waals surface area contributed by atoms with Crippen LogP contribution in [0.4, 0.5) is 4.39 Å². The number of ether oxygens (including phenoxy) is 1. The van der Waals surface area contributed by atoms with E-state index in [1.165, 1.54) is 24.6 Å². The lowest BCUT2D eigenvalue weighted by atomic mass is 10.1. The van der Waals surface area contributed by atoms with Crippen molar-refractivity contribution in [3.8, 4) is 0 Å². The summed E-state index contributed by atoms with van der Waals surface area (Å²) >= 11 is 6.09. The Labute approximate surface area is 154 Å². The maximum atomic E-state index is 13.3. The van der Waals surface area contributed by atoms with Crippen LogP contribution < -0.4 is 0 Å². The van der Waals surface area contributed by atoms with Crippen LogP contribution in [0.3, 0.4) is 0 Å². The predicted octanol–water partition coefficient (Wildman–Crippen LogP) is 3.83. The fourth-order valence-corrected chi connectivity index (χ4v) is 3.21. The van der Waals surface area contributed by atoms with Gasteiger partial charge in [-0.15, -0.1) is 0 Å². The van der Waals surface area contributed by atoms with Crippen molar-refractivity contribution < 1.29 is 13.9 Å². The van der Waals surface area contributed by atoms with Crippen LogP contribution in [0.15, 0.2) is 18.2 Å². The van der Waals surface area contributed by atoms with E-state index in [9.17, 15) is 9.18 Å². The maximum absolute atomic E-state index is 13.3. The van der Waals surface area contributed by atoms with Gasteiger partial charge in [0.2, 0.25) is 0 Å². The number of unbranched alkanes of at least 4 members (excludes halogenated alkanes) is 3. The largest absolute Gasteiger partial charge is 0.379 e. The molecule has 0 radical (unpaired) electrons. The molecule has 1 fully saturated rings. The molecule has 1 amide bonds. The Morgan fingerprint density at radius 1 is 1.24 bits per heavy atom. The highest BCUT2D eigenvalue weighted by molar-refractivity contribution is 6.33. The molecule has 1 aromatic carbocycles. The molecule has 0 bridgehead atoms. The Bertz CT molecular complexity index is 550. The zero-order valence-corrected chi connectivity index (χ0v) is 15.7. The third-order valence-corrected chi connectivity index (χ3v) is 4.83. The summed E-state index contributed by atoms with van der Waals surface area (Å²) in [4.78, 5) is 17.0. The van der Waals surface area contributed by atoms with Gasteiger partial charge in [0.1, 0.15) is 5.82 Å². The van der Waals surface area contributed by atoms with Crippen molar-refractivity contribution >= 4 is 17.5 Å². The summed E-state index contributed by atoms with van der Waals surface area (Å²) < 4.78 is 18.6. The first-order valence-corrected chi connectivity index (χ1v) is 9.54. The van der Waals surface area contributed by atoms with Gasteiger partial charge in [-0.2, -0.15) is 0 Å². The number of amides is 1. The molecule has 140 valence electrons. The minimum Gasteiger partial charge on any atom is -0.379 e. The molecule has 6 heteroatoms. The molecule has 0 N–H and O–H groups in total. The number of rotatable bonds is 9. The van der Waals surface area contributed by atoms with Gasteiger partial charge < -0.3 is 9.64 Å². The molecule has 4 nitrogen and oxygen atoms in total. The van der Waals surface area contributed by atoms with E-state index in [0.29, 0.717) is 18.7 Å². The number of hydrogen-bond donors (Lipinski definition) is 0. The molecule has 1 aliphatic heterocycles. The van der Waals surface area contributed by atoms with E-state index in [1.54, 1.807) is 0 Å². The summed E-state index contributed by atoms with van der Waals surface area (Å²) in [6.45, 7) is 7.63. The summed E-state index contributed by atoms with van der Waals surface area (Å²) in [6.07, 6.45) is 4.41. The van der Waals surface area contributed by atoms with Crippen LogP contribution in [0.2, 0.25) is 5.02 Å². The first-order valence-electron chi connectivity index (χ1n) is 9.16. The molecule has 25 heavy (non-hydrogen) atoms. The van der Waals surface area contributed by atoms with Gasteiger partial charge in [0.15, 0.2) is 0 Å². The van der Waals surface area contributed by atoms with E-state index in [4.69, 9.17) is 16.3 Å². The van der Waals surface area contributed by atoms with Crippen LogP contribution in [0, 0.1) is 5.82 Å². The topological polar surface area (TPSA) is 32.8 Å². The first kappa shape index (κ1) is 20.1. The van der Waals surface area contributed by atoms with Gasteiger partial charge in [0, 0.05) is 32.7 Å². The van der Waals surface area contributed by atoms with Crippen LogP contribution in [-0.4, -0.2) is 61.6 Å². The maximum Gasteiger partial charge on any atom is 0.255 e. The lowest BCUT2D eigenvalue weighted by molar-refractivity contribution is 0.0324. The van der Waals surface area contributed by atoms with Crippen molar-refractivity contribution in [1.82, 2.24) is 9.80 Å². The van der Waals surface area contributed by atoms with Crippen molar-refractivity contribution in [2.75, 3.05) is 45.9 Å². The SMILES string of the molecule is CCCCCCN(CCN1CCOCC1)C(=O)c1ccc(F)cc1Cl. The van der Waals surface area contributed by atoms with E-state index in [2.05, 4.69) is 11.8 Å². The van der Waals surface area contributed by atoms with Crippen LogP contribution in [-0.2, 0) is 4.74 Å². The van der Waals surface area contributed by atoms with Gasteiger partial charge >= 0.3 is 0 Å². The zero-order valence-electron chi connectivity index (χ0n) is 15.0.